The Labute approximate surface area is 220 Å². The molecule has 3 aromatic carbocycles. The number of halogens is 2. The van der Waals surface area contributed by atoms with Crippen molar-refractivity contribution in [3.05, 3.63) is 98.5 Å². The van der Waals surface area contributed by atoms with Crippen LogP contribution in [-0.4, -0.2) is 24.4 Å². The Morgan fingerprint density at radius 3 is 2.37 bits per heavy atom. The standard InChI is InChI=1S/C26H20BrClN2O4S/c1-2-15-34-26(33)20-5-3-4-6-21(20)30-24(31)22(29-18-11-7-16(27)8-12-18)23(25(30)32)35-19-13-9-17(28)10-14-19/h3-14,29H,2,15H2,1H3. The predicted molar refractivity (Wildman–Crippen MR) is 142 cm³/mol. The van der Waals surface area contributed by atoms with Crippen LogP contribution in [0.3, 0.4) is 0 Å². The molecule has 4 rings (SSSR count). The second kappa shape index (κ2) is 11.1. The van der Waals surface area contributed by atoms with Gasteiger partial charge in [0.25, 0.3) is 11.8 Å². The first-order chi connectivity index (χ1) is 16.9. The number of hydrogen-bond acceptors (Lipinski definition) is 6. The summed E-state index contributed by atoms with van der Waals surface area (Å²) in [5.41, 5.74) is 1.07. The summed E-state index contributed by atoms with van der Waals surface area (Å²) in [7, 11) is 0. The second-order valence-electron chi connectivity index (χ2n) is 7.49. The topological polar surface area (TPSA) is 75.7 Å². The first kappa shape index (κ1) is 25.0. The molecule has 35 heavy (non-hydrogen) atoms. The minimum Gasteiger partial charge on any atom is -0.462 e. The van der Waals surface area contributed by atoms with E-state index in [9.17, 15) is 14.4 Å². The molecule has 1 heterocycles. The maximum atomic E-state index is 13.6. The normalized spacial score (nSPS) is 13.4. The van der Waals surface area contributed by atoms with Gasteiger partial charge < -0.3 is 10.1 Å². The van der Waals surface area contributed by atoms with Crippen LogP contribution in [-0.2, 0) is 14.3 Å². The Morgan fingerprint density at radius 1 is 1.00 bits per heavy atom. The van der Waals surface area contributed by atoms with Crippen molar-refractivity contribution in [2.45, 2.75) is 18.2 Å². The van der Waals surface area contributed by atoms with Crippen molar-refractivity contribution in [1.29, 1.82) is 0 Å². The number of anilines is 2. The van der Waals surface area contributed by atoms with Crippen LogP contribution in [0.5, 0.6) is 0 Å². The van der Waals surface area contributed by atoms with Crippen molar-refractivity contribution >= 4 is 68.5 Å². The van der Waals surface area contributed by atoms with E-state index in [1.807, 2.05) is 19.1 Å². The van der Waals surface area contributed by atoms with Gasteiger partial charge in [-0.25, -0.2) is 9.69 Å². The number of benzene rings is 3. The molecule has 0 bridgehead atoms. The van der Waals surface area contributed by atoms with Gasteiger partial charge in [0.2, 0.25) is 0 Å². The molecule has 3 aromatic rings. The molecular formula is C26H20BrClN2O4S. The fourth-order valence-electron chi connectivity index (χ4n) is 3.35. The maximum absolute atomic E-state index is 13.6. The van der Waals surface area contributed by atoms with Crippen LogP contribution in [0.4, 0.5) is 11.4 Å². The van der Waals surface area contributed by atoms with Crippen molar-refractivity contribution in [2.75, 3.05) is 16.8 Å². The van der Waals surface area contributed by atoms with Crippen LogP contribution in [0.25, 0.3) is 0 Å². The van der Waals surface area contributed by atoms with Crippen molar-refractivity contribution in [3.8, 4) is 0 Å². The van der Waals surface area contributed by atoms with Crippen molar-refractivity contribution in [2.24, 2.45) is 0 Å². The lowest BCUT2D eigenvalue weighted by molar-refractivity contribution is -0.120. The third kappa shape index (κ3) is 5.61. The van der Waals surface area contributed by atoms with E-state index >= 15 is 0 Å². The predicted octanol–water partition coefficient (Wildman–Crippen LogP) is 6.66. The number of esters is 1. The summed E-state index contributed by atoms with van der Waals surface area (Å²) in [5, 5.41) is 3.66. The van der Waals surface area contributed by atoms with Gasteiger partial charge in [-0.2, -0.15) is 0 Å². The molecule has 0 radical (unpaired) electrons. The van der Waals surface area contributed by atoms with Crippen LogP contribution in [0.15, 0.2) is 92.8 Å². The van der Waals surface area contributed by atoms with Crippen LogP contribution < -0.4 is 10.2 Å². The monoisotopic (exact) mass is 570 g/mol. The summed E-state index contributed by atoms with van der Waals surface area (Å²) in [5.74, 6) is -1.69. The molecule has 0 saturated carbocycles. The fraction of sp³-hybridized carbons (Fsp3) is 0.115. The van der Waals surface area contributed by atoms with Crippen molar-refractivity contribution in [1.82, 2.24) is 0 Å². The zero-order valence-electron chi connectivity index (χ0n) is 18.6. The van der Waals surface area contributed by atoms with Gasteiger partial charge in [-0.05, 0) is 67.1 Å². The summed E-state index contributed by atoms with van der Waals surface area (Å²) < 4.78 is 6.15. The van der Waals surface area contributed by atoms with E-state index in [4.69, 9.17) is 16.3 Å². The highest BCUT2D eigenvalue weighted by atomic mass is 79.9. The van der Waals surface area contributed by atoms with Crippen LogP contribution in [0.2, 0.25) is 5.02 Å². The summed E-state index contributed by atoms with van der Waals surface area (Å²) in [4.78, 5) is 41.9. The Bertz CT molecular complexity index is 1240. The molecule has 0 saturated heterocycles. The van der Waals surface area contributed by atoms with E-state index in [0.29, 0.717) is 17.1 Å². The molecule has 0 unspecified atom stereocenters. The third-order valence-electron chi connectivity index (χ3n) is 4.99. The van der Waals surface area contributed by atoms with Gasteiger partial charge >= 0.3 is 5.97 Å². The van der Waals surface area contributed by atoms with E-state index in [2.05, 4.69) is 21.2 Å². The van der Waals surface area contributed by atoms with E-state index in [-0.39, 0.29) is 28.5 Å². The smallest absolute Gasteiger partial charge is 0.340 e. The third-order valence-corrected chi connectivity index (χ3v) is 6.86. The maximum Gasteiger partial charge on any atom is 0.340 e. The van der Waals surface area contributed by atoms with Gasteiger partial charge in [0, 0.05) is 20.1 Å². The van der Waals surface area contributed by atoms with Gasteiger partial charge in [0.1, 0.15) is 10.6 Å². The van der Waals surface area contributed by atoms with Gasteiger partial charge in [0.15, 0.2) is 0 Å². The number of amides is 2. The van der Waals surface area contributed by atoms with E-state index in [1.54, 1.807) is 60.7 Å². The Morgan fingerprint density at radius 2 is 1.69 bits per heavy atom. The summed E-state index contributed by atoms with van der Waals surface area (Å²) in [6.45, 7) is 2.12. The number of imide groups is 1. The average molecular weight is 572 g/mol. The van der Waals surface area contributed by atoms with Crippen molar-refractivity contribution < 1.29 is 19.1 Å². The molecule has 0 aromatic heterocycles. The molecule has 1 N–H and O–H groups in total. The number of nitrogens with zero attached hydrogens (tertiary/aromatic N) is 1. The number of thioether (sulfide) groups is 1. The molecule has 9 heteroatoms. The van der Waals surface area contributed by atoms with Gasteiger partial charge in [-0.15, -0.1) is 0 Å². The van der Waals surface area contributed by atoms with Crippen LogP contribution in [0, 0.1) is 0 Å². The van der Waals surface area contributed by atoms with Gasteiger partial charge in [-0.1, -0.05) is 58.3 Å². The number of carbonyl (C=O) groups excluding carboxylic acids is 3. The highest BCUT2D eigenvalue weighted by Crippen LogP contribution is 2.39. The van der Waals surface area contributed by atoms with E-state index in [0.717, 1.165) is 26.0 Å². The molecular weight excluding hydrogens is 552 g/mol. The van der Waals surface area contributed by atoms with Crippen LogP contribution in [0.1, 0.15) is 23.7 Å². The Hall–Kier alpha value is -3.07. The summed E-state index contributed by atoms with van der Waals surface area (Å²) in [6.07, 6.45) is 0.653. The first-order valence-electron chi connectivity index (χ1n) is 10.7. The summed E-state index contributed by atoms with van der Waals surface area (Å²) >= 11 is 10.5. The largest absolute Gasteiger partial charge is 0.462 e. The molecule has 178 valence electrons. The lowest BCUT2D eigenvalue weighted by atomic mass is 10.1. The lowest BCUT2D eigenvalue weighted by Gasteiger charge is -2.18. The van der Waals surface area contributed by atoms with Crippen LogP contribution >= 0.6 is 39.3 Å². The number of rotatable bonds is 8. The lowest BCUT2D eigenvalue weighted by Crippen LogP contribution is -2.33. The zero-order valence-corrected chi connectivity index (χ0v) is 21.7. The molecule has 0 spiro atoms. The Kier molecular flexibility index (Phi) is 7.95. The quantitative estimate of drug-likeness (QED) is 0.241. The highest BCUT2D eigenvalue weighted by molar-refractivity contribution is 9.10. The first-order valence-corrected chi connectivity index (χ1v) is 12.7. The number of hydrogen-bond donors (Lipinski definition) is 1. The van der Waals surface area contributed by atoms with E-state index < -0.39 is 17.8 Å². The molecule has 0 fully saturated rings. The SMILES string of the molecule is CCCOC(=O)c1ccccc1N1C(=O)C(Nc2ccc(Br)cc2)=C(Sc2ccc(Cl)cc2)C1=O. The van der Waals surface area contributed by atoms with E-state index in [1.165, 1.54) is 0 Å². The van der Waals surface area contributed by atoms with Crippen molar-refractivity contribution in [3.63, 3.8) is 0 Å². The highest BCUT2D eigenvalue weighted by Gasteiger charge is 2.41. The molecule has 1 aliphatic heterocycles. The molecule has 2 amide bonds. The second-order valence-corrected chi connectivity index (χ2v) is 9.93. The number of carbonyl (C=O) groups is 3. The average Bonchev–Trinajstić information content (AvgIpc) is 3.09. The molecule has 0 atom stereocenters. The zero-order chi connectivity index (χ0) is 24.9. The van der Waals surface area contributed by atoms with Gasteiger partial charge in [-0.3, -0.25) is 9.59 Å². The Balaban J connectivity index is 1.74. The number of nitrogens with one attached hydrogen (secondary N) is 1. The summed E-state index contributed by atoms with van der Waals surface area (Å²) in [6, 6.07) is 20.6. The molecule has 0 aliphatic carbocycles. The fourth-order valence-corrected chi connectivity index (χ4v) is 4.66. The molecule has 1 aliphatic rings. The minimum absolute atomic E-state index is 0.119. The molecule has 6 nitrogen and oxygen atoms in total. The number of ether oxygens (including phenoxy) is 1. The van der Waals surface area contributed by atoms with Gasteiger partial charge in [0.05, 0.1) is 17.9 Å². The minimum atomic E-state index is -0.593. The number of para-hydroxylation sites is 1.